The summed E-state index contributed by atoms with van der Waals surface area (Å²) in [7, 11) is -0.652. The standard InChI is InChI=1S/C20H26N4O7S2/c1-28-10-8-22-33(26,27)17-5-3-14(4-6-17)18(24-31-15-7-9-30-12-15)19(25)23-20-21-11-16(32-20)13-29-2/h3-6,11,15,22H,7-10,12-13H2,1-2H3,(H,21,23,25)/t15-/m1/s1. The topological polar surface area (TPSA) is 137 Å². The van der Waals surface area contributed by atoms with Crippen molar-refractivity contribution in [3.8, 4) is 0 Å². The molecule has 1 amide bonds. The van der Waals surface area contributed by atoms with Gasteiger partial charge in [-0.2, -0.15) is 0 Å². The molecule has 0 bridgehead atoms. The summed E-state index contributed by atoms with van der Waals surface area (Å²) >= 11 is 1.28. The van der Waals surface area contributed by atoms with Gasteiger partial charge in [-0.15, -0.1) is 0 Å². The van der Waals surface area contributed by atoms with Gasteiger partial charge in [0.1, 0.15) is 0 Å². The van der Waals surface area contributed by atoms with Crippen molar-refractivity contribution >= 4 is 38.1 Å². The summed E-state index contributed by atoms with van der Waals surface area (Å²) in [6.45, 7) is 1.72. The Morgan fingerprint density at radius 3 is 2.73 bits per heavy atom. The molecule has 1 atom stereocenters. The van der Waals surface area contributed by atoms with Crippen molar-refractivity contribution in [1.82, 2.24) is 9.71 Å². The molecule has 0 saturated carbocycles. The Morgan fingerprint density at radius 2 is 2.06 bits per heavy atom. The van der Waals surface area contributed by atoms with E-state index in [1.165, 1.54) is 42.7 Å². The Morgan fingerprint density at radius 1 is 1.27 bits per heavy atom. The van der Waals surface area contributed by atoms with Crippen LogP contribution in [0, 0.1) is 0 Å². The van der Waals surface area contributed by atoms with Crippen molar-refractivity contribution in [2.45, 2.75) is 24.0 Å². The molecule has 1 aliphatic heterocycles. The highest BCUT2D eigenvalue weighted by molar-refractivity contribution is 7.89. The van der Waals surface area contributed by atoms with Gasteiger partial charge in [0.05, 0.1) is 36.2 Å². The fraction of sp³-hybridized carbons (Fsp3) is 0.450. The molecule has 0 unspecified atom stereocenters. The number of hydrogen-bond donors (Lipinski definition) is 2. The van der Waals surface area contributed by atoms with Crippen LogP contribution in [0.1, 0.15) is 16.9 Å². The van der Waals surface area contributed by atoms with Crippen molar-refractivity contribution in [1.29, 1.82) is 0 Å². The molecule has 2 heterocycles. The first-order valence-corrected chi connectivity index (χ1v) is 12.4. The van der Waals surface area contributed by atoms with Crippen LogP contribution in [0.25, 0.3) is 0 Å². The summed E-state index contributed by atoms with van der Waals surface area (Å²) in [6, 6.07) is 5.78. The predicted octanol–water partition coefficient (Wildman–Crippen LogP) is 1.36. The quantitative estimate of drug-likeness (QED) is 0.254. The molecule has 33 heavy (non-hydrogen) atoms. The zero-order valence-electron chi connectivity index (χ0n) is 18.3. The largest absolute Gasteiger partial charge is 0.389 e. The van der Waals surface area contributed by atoms with E-state index in [0.29, 0.717) is 36.9 Å². The van der Waals surface area contributed by atoms with E-state index in [-0.39, 0.29) is 29.9 Å². The third kappa shape index (κ3) is 7.28. The summed E-state index contributed by atoms with van der Waals surface area (Å²) < 4.78 is 42.4. The van der Waals surface area contributed by atoms with Gasteiger partial charge < -0.3 is 19.0 Å². The van der Waals surface area contributed by atoms with Crippen LogP contribution in [0.5, 0.6) is 0 Å². The molecule has 13 heteroatoms. The Kier molecular flexibility index (Phi) is 9.29. The van der Waals surface area contributed by atoms with Gasteiger partial charge in [0, 0.05) is 38.9 Å². The van der Waals surface area contributed by atoms with Crippen LogP contribution in [0.3, 0.4) is 0 Å². The highest BCUT2D eigenvalue weighted by Crippen LogP contribution is 2.20. The average molecular weight is 499 g/mol. The smallest absolute Gasteiger partial charge is 0.280 e. The van der Waals surface area contributed by atoms with Crippen LogP contribution in [-0.4, -0.2) is 71.7 Å². The molecule has 1 fully saturated rings. The Hall–Kier alpha value is -2.42. The maximum Gasteiger partial charge on any atom is 0.280 e. The minimum atomic E-state index is -3.71. The van der Waals surface area contributed by atoms with Gasteiger partial charge in [-0.3, -0.25) is 10.1 Å². The number of rotatable bonds is 12. The molecule has 1 saturated heterocycles. The third-order valence-electron chi connectivity index (χ3n) is 4.49. The second kappa shape index (κ2) is 12.2. The molecule has 0 radical (unpaired) electrons. The van der Waals surface area contributed by atoms with Crippen molar-refractivity contribution in [2.75, 3.05) is 45.9 Å². The van der Waals surface area contributed by atoms with E-state index in [0.717, 1.165) is 4.88 Å². The van der Waals surface area contributed by atoms with Gasteiger partial charge in [0.15, 0.2) is 16.9 Å². The van der Waals surface area contributed by atoms with Crippen LogP contribution < -0.4 is 10.0 Å². The predicted molar refractivity (Wildman–Crippen MR) is 122 cm³/mol. The normalized spacial score (nSPS) is 16.7. The number of hydrogen-bond acceptors (Lipinski definition) is 10. The van der Waals surface area contributed by atoms with Gasteiger partial charge >= 0.3 is 0 Å². The van der Waals surface area contributed by atoms with E-state index in [4.69, 9.17) is 19.0 Å². The Bertz CT molecular complexity index is 1050. The van der Waals surface area contributed by atoms with Crippen LogP contribution in [0.4, 0.5) is 5.13 Å². The number of aromatic nitrogens is 1. The summed E-state index contributed by atoms with van der Waals surface area (Å²) in [4.78, 5) is 23.5. The van der Waals surface area contributed by atoms with E-state index in [1.54, 1.807) is 13.3 Å². The first-order valence-electron chi connectivity index (χ1n) is 10.1. The van der Waals surface area contributed by atoms with Crippen LogP contribution in [-0.2, 0) is 40.5 Å². The first kappa shape index (κ1) is 25.2. The number of methoxy groups -OCH3 is 2. The number of nitrogens with zero attached hydrogens (tertiary/aromatic N) is 2. The lowest BCUT2D eigenvalue weighted by molar-refractivity contribution is -0.110. The number of oxime groups is 1. The van der Waals surface area contributed by atoms with Gasteiger partial charge in [-0.1, -0.05) is 28.6 Å². The number of sulfonamides is 1. The fourth-order valence-electron chi connectivity index (χ4n) is 2.83. The van der Waals surface area contributed by atoms with Crippen molar-refractivity contribution in [3.05, 3.63) is 40.9 Å². The minimum absolute atomic E-state index is 0.0123. The Labute approximate surface area is 196 Å². The molecule has 1 aliphatic rings. The summed E-state index contributed by atoms with van der Waals surface area (Å²) in [5, 5.41) is 7.14. The first-order chi connectivity index (χ1) is 15.9. The van der Waals surface area contributed by atoms with Crippen LogP contribution in [0.15, 0.2) is 40.5 Å². The fourth-order valence-corrected chi connectivity index (χ4v) is 4.63. The highest BCUT2D eigenvalue weighted by Gasteiger charge is 2.22. The maximum atomic E-state index is 13.0. The number of anilines is 1. The highest BCUT2D eigenvalue weighted by atomic mass is 32.2. The molecule has 3 rings (SSSR count). The number of carbonyl (C=O) groups is 1. The molecule has 1 aromatic heterocycles. The molecule has 2 aromatic rings. The van der Waals surface area contributed by atoms with Gasteiger partial charge in [-0.25, -0.2) is 18.1 Å². The minimum Gasteiger partial charge on any atom is -0.389 e. The van der Waals surface area contributed by atoms with E-state index in [2.05, 4.69) is 20.2 Å². The zero-order chi connectivity index (χ0) is 23.7. The van der Waals surface area contributed by atoms with Gasteiger partial charge in [-0.05, 0) is 12.1 Å². The second-order valence-corrected chi connectivity index (χ2v) is 9.85. The third-order valence-corrected chi connectivity index (χ3v) is 6.86. The van der Waals surface area contributed by atoms with E-state index in [1.807, 2.05) is 0 Å². The summed E-state index contributed by atoms with van der Waals surface area (Å²) in [5.41, 5.74) is 0.373. The molecular weight excluding hydrogens is 472 g/mol. The van der Waals surface area contributed by atoms with Crippen molar-refractivity contribution in [2.24, 2.45) is 5.16 Å². The van der Waals surface area contributed by atoms with Crippen molar-refractivity contribution < 1.29 is 32.3 Å². The zero-order valence-corrected chi connectivity index (χ0v) is 19.9. The number of nitrogens with one attached hydrogen (secondary N) is 2. The summed E-state index contributed by atoms with van der Waals surface area (Å²) in [6.07, 6.45) is 2.02. The Balaban J connectivity index is 1.79. The number of amides is 1. The van der Waals surface area contributed by atoms with Crippen LogP contribution in [0.2, 0.25) is 0 Å². The molecule has 2 N–H and O–H groups in total. The van der Waals surface area contributed by atoms with Gasteiger partial charge in [0.2, 0.25) is 10.0 Å². The number of thiazole rings is 1. The molecule has 11 nitrogen and oxygen atoms in total. The van der Waals surface area contributed by atoms with E-state index < -0.39 is 15.9 Å². The lowest BCUT2D eigenvalue weighted by Gasteiger charge is -2.11. The molecule has 1 aromatic carbocycles. The second-order valence-electron chi connectivity index (χ2n) is 6.96. The van der Waals surface area contributed by atoms with E-state index in [9.17, 15) is 13.2 Å². The molecule has 180 valence electrons. The lowest BCUT2D eigenvalue weighted by atomic mass is 10.1. The maximum absolute atomic E-state index is 13.0. The lowest BCUT2D eigenvalue weighted by Crippen LogP contribution is -2.27. The average Bonchev–Trinajstić information content (AvgIpc) is 3.47. The number of benzene rings is 1. The summed E-state index contributed by atoms with van der Waals surface area (Å²) in [5.74, 6) is -0.541. The number of carbonyl (C=O) groups excluding carboxylic acids is 1. The van der Waals surface area contributed by atoms with Gasteiger partial charge in [0.25, 0.3) is 5.91 Å². The monoisotopic (exact) mass is 498 g/mol. The molecule has 0 aliphatic carbocycles. The van der Waals surface area contributed by atoms with Crippen molar-refractivity contribution in [3.63, 3.8) is 0 Å². The molecule has 0 spiro atoms. The molecular formula is C20H26N4O7S2. The van der Waals surface area contributed by atoms with Crippen LogP contribution >= 0.6 is 11.3 Å². The van der Waals surface area contributed by atoms with E-state index >= 15 is 0 Å². The SMILES string of the molecule is COCCNS(=O)(=O)c1ccc(C(=NO[C@@H]2CCOC2)C(=O)Nc2ncc(COC)s2)cc1. The number of ether oxygens (including phenoxy) is 3.